The molecule has 1 unspecified atom stereocenters. The Kier molecular flexibility index (Phi) is 3.41. The fourth-order valence-electron chi connectivity index (χ4n) is 2.09. The maximum atomic E-state index is 12.0. The van der Waals surface area contributed by atoms with Gasteiger partial charge in [0.15, 0.2) is 0 Å². The highest BCUT2D eigenvalue weighted by molar-refractivity contribution is 6.02. The number of carboxylic acids is 1. The molecule has 94 valence electrons. The summed E-state index contributed by atoms with van der Waals surface area (Å²) in [6, 6.07) is 7.96. The van der Waals surface area contributed by atoms with Crippen LogP contribution in [0, 0.1) is 0 Å². The van der Waals surface area contributed by atoms with E-state index in [-0.39, 0.29) is 19.3 Å². The van der Waals surface area contributed by atoms with E-state index in [1.807, 2.05) is 6.07 Å². The van der Waals surface area contributed by atoms with Crippen LogP contribution in [0.25, 0.3) is 0 Å². The number of likely N-dealkylation sites (tertiary alicyclic amines) is 1. The van der Waals surface area contributed by atoms with Crippen LogP contribution in [0.15, 0.2) is 30.3 Å². The van der Waals surface area contributed by atoms with Gasteiger partial charge in [0, 0.05) is 6.42 Å². The first-order valence-electron chi connectivity index (χ1n) is 5.71. The standard InChI is InChI=1S/C13H13NO4/c15-11-7-6-10(13(17)18)14(11)12(16)8-9-4-2-1-3-5-9/h1-5,10H,6-8H2,(H,17,18). The van der Waals surface area contributed by atoms with Crippen molar-refractivity contribution < 1.29 is 19.5 Å². The van der Waals surface area contributed by atoms with Crippen LogP contribution in [0.2, 0.25) is 0 Å². The minimum absolute atomic E-state index is 0.0519. The summed E-state index contributed by atoms with van der Waals surface area (Å²) in [7, 11) is 0. The molecule has 1 aromatic carbocycles. The van der Waals surface area contributed by atoms with Crippen LogP contribution in [0.5, 0.6) is 0 Å². The zero-order valence-electron chi connectivity index (χ0n) is 9.70. The summed E-state index contributed by atoms with van der Waals surface area (Å²) in [4.78, 5) is 35.4. The number of carbonyl (C=O) groups is 3. The third kappa shape index (κ3) is 2.40. The van der Waals surface area contributed by atoms with Gasteiger partial charge in [-0.25, -0.2) is 4.79 Å². The minimum Gasteiger partial charge on any atom is -0.480 e. The highest BCUT2D eigenvalue weighted by Gasteiger charge is 2.39. The predicted octanol–water partition coefficient (Wildman–Crippen LogP) is 0.831. The molecule has 5 heteroatoms. The summed E-state index contributed by atoms with van der Waals surface area (Å²) in [5.41, 5.74) is 0.770. The molecule has 0 radical (unpaired) electrons. The number of rotatable bonds is 3. The van der Waals surface area contributed by atoms with Gasteiger partial charge in [-0.2, -0.15) is 0 Å². The first-order chi connectivity index (χ1) is 8.59. The van der Waals surface area contributed by atoms with Crippen molar-refractivity contribution in [1.82, 2.24) is 4.90 Å². The number of hydrogen-bond donors (Lipinski definition) is 1. The first-order valence-corrected chi connectivity index (χ1v) is 5.71. The van der Waals surface area contributed by atoms with Gasteiger partial charge in [0.1, 0.15) is 6.04 Å². The maximum absolute atomic E-state index is 12.0. The van der Waals surface area contributed by atoms with E-state index in [0.29, 0.717) is 0 Å². The summed E-state index contributed by atoms with van der Waals surface area (Å²) in [5.74, 6) is -1.97. The maximum Gasteiger partial charge on any atom is 0.326 e. The molecule has 18 heavy (non-hydrogen) atoms. The van der Waals surface area contributed by atoms with Crippen molar-refractivity contribution in [1.29, 1.82) is 0 Å². The third-order valence-corrected chi connectivity index (χ3v) is 2.96. The second kappa shape index (κ2) is 5.00. The smallest absolute Gasteiger partial charge is 0.326 e. The Labute approximate surface area is 104 Å². The van der Waals surface area contributed by atoms with Crippen LogP contribution in [-0.4, -0.2) is 33.8 Å². The lowest BCUT2D eigenvalue weighted by molar-refractivity contribution is -0.153. The predicted molar refractivity (Wildman–Crippen MR) is 62.7 cm³/mol. The van der Waals surface area contributed by atoms with Crippen molar-refractivity contribution in [3.8, 4) is 0 Å². The summed E-state index contributed by atoms with van der Waals surface area (Å²) in [5, 5.41) is 8.97. The van der Waals surface area contributed by atoms with E-state index < -0.39 is 23.8 Å². The lowest BCUT2D eigenvalue weighted by atomic mass is 10.1. The molecule has 1 atom stereocenters. The average molecular weight is 247 g/mol. The molecule has 1 fully saturated rings. The largest absolute Gasteiger partial charge is 0.480 e. The van der Waals surface area contributed by atoms with E-state index in [0.717, 1.165) is 10.5 Å². The van der Waals surface area contributed by atoms with Gasteiger partial charge in [-0.05, 0) is 12.0 Å². The van der Waals surface area contributed by atoms with Gasteiger partial charge in [0.05, 0.1) is 6.42 Å². The molecule has 1 aliphatic rings. The van der Waals surface area contributed by atoms with E-state index in [1.165, 1.54) is 0 Å². The molecule has 1 N–H and O–H groups in total. The van der Waals surface area contributed by atoms with E-state index in [4.69, 9.17) is 5.11 Å². The number of imide groups is 1. The Bertz CT molecular complexity index is 483. The zero-order chi connectivity index (χ0) is 13.1. The second-order valence-corrected chi connectivity index (χ2v) is 4.21. The molecule has 0 spiro atoms. The van der Waals surface area contributed by atoms with Crippen molar-refractivity contribution in [3.05, 3.63) is 35.9 Å². The summed E-state index contributed by atoms with van der Waals surface area (Å²) >= 11 is 0. The fraction of sp³-hybridized carbons (Fsp3) is 0.308. The fourth-order valence-corrected chi connectivity index (χ4v) is 2.09. The molecule has 5 nitrogen and oxygen atoms in total. The highest BCUT2D eigenvalue weighted by atomic mass is 16.4. The Hall–Kier alpha value is -2.17. The van der Waals surface area contributed by atoms with Crippen LogP contribution < -0.4 is 0 Å². The number of carboxylic acid groups (broad SMARTS) is 1. The van der Waals surface area contributed by atoms with Gasteiger partial charge in [0.25, 0.3) is 0 Å². The molecule has 0 bridgehead atoms. The lowest BCUT2D eigenvalue weighted by Gasteiger charge is -2.19. The second-order valence-electron chi connectivity index (χ2n) is 4.21. The molecule has 2 rings (SSSR count). The van der Waals surface area contributed by atoms with Crippen LogP contribution in [-0.2, 0) is 20.8 Å². The Morgan fingerprint density at radius 1 is 1.28 bits per heavy atom. The van der Waals surface area contributed by atoms with Gasteiger partial charge in [0.2, 0.25) is 11.8 Å². The number of benzene rings is 1. The lowest BCUT2D eigenvalue weighted by Crippen LogP contribution is -2.43. The van der Waals surface area contributed by atoms with Crippen molar-refractivity contribution in [2.24, 2.45) is 0 Å². The molecular formula is C13H13NO4. The Morgan fingerprint density at radius 2 is 1.94 bits per heavy atom. The topological polar surface area (TPSA) is 74.7 Å². The van der Waals surface area contributed by atoms with Crippen molar-refractivity contribution in [2.75, 3.05) is 0 Å². The van der Waals surface area contributed by atoms with Gasteiger partial charge < -0.3 is 5.11 Å². The van der Waals surface area contributed by atoms with Gasteiger partial charge >= 0.3 is 5.97 Å². The minimum atomic E-state index is -1.12. The summed E-state index contributed by atoms with van der Waals surface area (Å²) < 4.78 is 0. The summed E-state index contributed by atoms with van der Waals surface area (Å²) in [6.07, 6.45) is 0.378. The Morgan fingerprint density at radius 3 is 2.56 bits per heavy atom. The number of hydrogen-bond acceptors (Lipinski definition) is 3. The van der Waals surface area contributed by atoms with Crippen molar-refractivity contribution >= 4 is 17.8 Å². The van der Waals surface area contributed by atoms with E-state index in [2.05, 4.69) is 0 Å². The molecule has 0 aromatic heterocycles. The van der Waals surface area contributed by atoms with Crippen molar-refractivity contribution in [3.63, 3.8) is 0 Å². The Balaban J connectivity index is 2.12. The van der Waals surface area contributed by atoms with Gasteiger partial charge in [-0.3, -0.25) is 14.5 Å². The van der Waals surface area contributed by atoms with Gasteiger partial charge in [-0.1, -0.05) is 30.3 Å². The third-order valence-electron chi connectivity index (χ3n) is 2.96. The zero-order valence-corrected chi connectivity index (χ0v) is 9.70. The highest BCUT2D eigenvalue weighted by Crippen LogP contribution is 2.20. The number of amides is 2. The molecule has 0 saturated carbocycles. The number of aliphatic carboxylic acids is 1. The van der Waals surface area contributed by atoms with E-state index in [9.17, 15) is 14.4 Å². The average Bonchev–Trinajstić information content (AvgIpc) is 2.72. The van der Waals surface area contributed by atoms with Crippen LogP contribution in [0.3, 0.4) is 0 Å². The number of carbonyl (C=O) groups excluding carboxylic acids is 2. The van der Waals surface area contributed by atoms with Crippen LogP contribution in [0.4, 0.5) is 0 Å². The van der Waals surface area contributed by atoms with Crippen molar-refractivity contribution in [2.45, 2.75) is 25.3 Å². The summed E-state index contributed by atoms with van der Waals surface area (Å²) in [6.45, 7) is 0. The normalized spacial score (nSPS) is 19.0. The molecule has 0 aliphatic carbocycles. The number of nitrogens with zero attached hydrogens (tertiary/aromatic N) is 1. The van der Waals surface area contributed by atoms with E-state index in [1.54, 1.807) is 24.3 Å². The monoisotopic (exact) mass is 247 g/mol. The molecule has 1 heterocycles. The van der Waals surface area contributed by atoms with Crippen LogP contribution >= 0.6 is 0 Å². The first kappa shape index (κ1) is 12.3. The van der Waals surface area contributed by atoms with Gasteiger partial charge in [-0.15, -0.1) is 0 Å². The molecular weight excluding hydrogens is 234 g/mol. The van der Waals surface area contributed by atoms with Crippen LogP contribution in [0.1, 0.15) is 18.4 Å². The molecule has 2 amide bonds. The molecule has 1 aromatic rings. The van der Waals surface area contributed by atoms with E-state index >= 15 is 0 Å². The molecule has 1 aliphatic heterocycles. The quantitative estimate of drug-likeness (QED) is 0.858. The SMILES string of the molecule is O=C(O)C1CCC(=O)N1C(=O)Cc1ccccc1. The molecule has 1 saturated heterocycles.